The molecule has 1 aliphatic rings. The van der Waals surface area contributed by atoms with Gasteiger partial charge in [0.25, 0.3) is 5.91 Å². The summed E-state index contributed by atoms with van der Waals surface area (Å²) in [5, 5.41) is 20.1. The van der Waals surface area contributed by atoms with E-state index in [0.29, 0.717) is 23.0 Å². The fourth-order valence-corrected chi connectivity index (χ4v) is 2.85. The van der Waals surface area contributed by atoms with Crippen molar-refractivity contribution < 1.29 is 15.0 Å². The average molecular weight is 272 g/mol. The third-order valence-corrected chi connectivity index (χ3v) is 3.81. The topological polar surface area (TPSA) is 76.6 Å². The summed E-state index contributed by atoms with van der Waals surface area (Å²) in [6, 6.07) is 4.74. The van der Waals surface area contributed by atoms with Gasteiger partial charge in [0.2, 0.25) is 0 Å². The molecule has 1 aromatic carbocycles. The second-order valence-electron chi connectivity index (χ2n) is 5.05. The van der Waals surface area contributed by atoms with Gasteiger partial charge in [0, 0.05) is 18.3 Å². The van der Waals surface area contributed by atoms with Crippen LogP contribution in [0.5, 0.6) is 5.75 Å². The highest BCUT2D eigenvalue weighted by atomic mass is 16.3. The van der Waals surface area contributed by atoms with E-state index in [9.17, 15) is 15.0 Å². The van der Waals surface area contributed by atoms with Crippen molar-refractivity contribution in [1.82, 2.24) is 9.88 Å². The standard InChI is InChI=1S/C15H16N2O3/c1-9(18)12-5-3-7-17(12)15(20)10-8-16-11-4-2-6-13(19)14(10)11/h2,4,6,8,12,16,18-19H,1,3,5,7H2. The Hall–Kier alpha value is -2.43. The number of nitrogens with one attached hydrogen (secondary N) is 1. The summed E-state index contributed by atoms with van der Waals surface area (Å²) < 4.78 is 0. The number of likely N-dealkylation sites (tertiary alicyclic amines) is 1. The van der Waals surface area contributed by atoms with Crippen LogP contribution in [0.25, 0.3) is 10.9 Å². The van der Waals surface area contributed by atoms with Crippen LogP contribution in [0.2, 0.25) is 0 Å². The maximum atomic E-state index is 12.6. The van der Waals surface area contributed by atoms with Crippen LogP contribution >= 0.6 is 0 Å². The molecule has 1 unspecified atom stereocenters. The van der Waals surface area contributed by atoms with E-state index >= 15 is 0 Å². The Morgan fingerprint density at radius 2 is 2.25 bits per heavy atom. The number of rotatable bonds is 2. The molecule has 1 saturated heterocycles. The summed E-state index contributed by atoms with van der Waals surface area (Å²) in [5.74, 6) is -0.110. The summed E-state index contributed by atoms with van der Waals surface area (Å²) in [4.78, 5) is 17.2. The molecular weight excluding hydrogens is 256 g/mol. The van der Waals surface area contributed by atoms with Crippen LogP contribution in [0.3, 0.4) is 0 Å². The number of hydrogen-bond acceptors (Lipinski definition) is 3. The fourth-order valence-electron chi connectivity index (χ4n) is 2.85. The van der Waals surface area contributed by atoms with Gasteiger partial charge in [-0.3, -0.25) is 4.79 Å². The Bertz CT molecular complexity index is 689. The maximum absolute atomic E-state index is 12.6. The maximum Gasteiger partial charge on any atom is 0.256 e. The van der Waals surface area contributed by atoms with E-state index in [1.54, 1.807) is 29.3 Å². The van der Waals surface area contributed by atoms with Gasteiger partial charge in [-0.25, -0.2) is 0 Å². The number of aromatic amines is 1. The van der Waals surface area contributed by atoms with Crippen molar-refractivity contribution in [1.29, 1.82) is 0 Å². The first-order valence-corrected chi connectivity index (χ1v) is 6.57. The van der Waals surface area contributed by atoms with Gasteiger partial charge in [-0.2, -0.15) is 0 Å². The van der Waals surface area contributed by atoms with Gasteiger partial charge >= 0.3 is 0 Å². The number of aromatic hydroxyl groups is 1. The van der Waals surface area contributed by atoms with E-state index in [1.807, 2.05) is 0 Å². The highest BCUT2D eigenvalue weighted by Crippen LogP contribution is 2.31. The lowest BCUT2D eigenvalue weighted by Gasteiger charge is -2.23. The van der Waals surface area contributed by atoms with Crippen molar-refractivity contribution in [2.24, 2.45) is 0 Å². The number of H-pyrrole nitrogens is 1. The molecule has 3 N–H and O–H groups in total. The van der Waals surface area contributed by atoms with Crippen molar-refractivity contribution >= 4 is 16.8 Å². The Kier molecular flexibility index (Phi) is 2.89. The lowest BCUT2D eigenvalue weighted by molar-refractivity contribution is 0.0731. The number of amides is 1. The Labute approximate surface area is 116 Å². The third kappa shape index (κ3) is 1.82. The zero-order chi connectivity index (χ0) is 14.3. The molecule has 0 radical (unpaired) electrons. The van der Waals surface area contributed by atoms with Crippen molar-refractivity contribution in [3.8, 4) is 5.75 Å². The molecule has 104 valence electrons. The Morgan fingerprint density at radius 3 is 3.00 bits per heavy atom. The van der Waals surface area contributed by atoms with Gasteiger partial charge in [-0.15, -0.1) is 0 Å². The highest BCUT2D eigenvalue weighted by Gasteiger charge is 2.32. The Balaban J connectivity index is 2.03. The zero-order valence-corrected chi connectivity index (χ0v) is 11.0. The minimum Gasteiger partial charge on any atom is -0.511 e. The van der Waals surface area contributed by atoms with E-state index in [1.165, 1.54) is 0 Å². The second kappa shape index (κ2) is 4.59. The van der Waals surface area contributed by atoms with Crippen LogP contribution in [-0.2, 0) is 0 Å². The molecule has 1 aliphatic heterocycles. The summed E-state index contributed by atoms with van der Waals surface area (Å²) in [6.07, 6.45) is 3.15. The molecule has 0 spiro atoms. The number of aliphatic hydroxyl groups excluding tert-OH is 1. The molecule has 20 heavy (non-hydrogen) atoms. The summed E-state index contributed by atoms with van der Waals surface area (Å²) in [5.41, 5.74) is 1.14. The van der Waals surface area contributed by atoms with Crippen LogP contribution < -0.4 is 0 Å². The number of aromatic nitrogens is 1. The lowest BCUT2D eigenvalue weighted by atomic mass is 10.1. The van der Waals surface area contributed by atoms with Crippen LogP contribution in [-0.4, -0.2) is 38.6 Å². The number of hydrogen-bond donors (Lipinski definition) is 3. The molecule has 1 amide bonds. The Morgan fingerprint density at radius 1 is 1.45 bits per heavy atom. The first-order valence-electron chi connectivity index (χ1n) is 6.57. The van der Waals surface area contributed by atoms with Crippen LogP contribution in [0.1, 0.15) is 23.2 Å². The molecule has 2 aromatic rings. The van der Waals surface area contributed by atoms with Gasteiger partial charge in [-0.1, -0.05) is 12.6 Å². The molecule has 1 aromatic heterocycles. The smallest absolute Gasteiger partial charge is 0.256 e. The number of phenols is 1. The van der Waals surface area contributed by atoms with Gasteiger partial charge in [0.1, 0.15) is 11.5 Å². The summed E-state index contributed by atoms with van der Waals surface area (Å²) in [7, 11) is 0. The van der Waals surface area contributed by atoms with E-state index in [-0.39, 0.29) is 23.5 Å². The molecule has 2 heterocycles. The van der Waals surface area contributed by atoms with Gasteiger partial charge < -0.3 is 20.1 Å². The highest BCUT2D eigenvalue weighted by molar-refractivity contribution is 6.09. The monoisotopic (exact) mass is 272 g/mol. The van der Waals surface area contributed by atoms with Gasteiger partial charge in [-0.05, 0) is 25.0 Å². The zero-order valence-electron chi connectivity index (χ0n) is 11.0. The quantitative estimate of drug-likeness (QED) is 0.735. The van der Waals surface area contributed by atoms with E-state index in [2.05, 4.69) is 11.6 Å². The predicted octanol–water partition coefficient (Wildman–Crippen LogP) is 2.55. The predicted molar refractivity (Wildman–Crippen MR) is 75.8 cm³/mol. The number of carbonyl (C=O) groups is 1. The van der Waals surface area contributed by atoms with E-state index in [4.69, 9.17) is 0 Å². The number of fused-ring (bicyclic) bond motifs is 1. The number of nitrogens with zero attached hydrogens (tertiary/aromatic N) is 1. The largest absolute Gasteiger partial charge is 0.511 e. The molecule has 1 atom stereocenters. The van der Waals surface area contributed by atoms with Crippen molar-refractivity contribution in [2.75, 3.05) is 6.54 Å². The third-order valence-electron chi connectivity index (χ3n) is 3.81. The second-order valence-corrected chi connectivity index (χ2v) is 5.05. The fraction of sp³-hybridized carbons (Fsp3) is 0.267. The number of carbonyl (C=O) groups excluding carboxylic acids is 1. The minimum absolute atomic E-state index is 0.0138. The van der Waals surface area contributed by atoms with E-state index < -0.39 is 0 Å². The van der Waals surface area contributed by atoms with Crippen LogP contribution in [0.4, 0.5) is 0 Å². The van der Waals surface area contributed by atoms with Crippen LogP contribution in [0.15, 0.2) is 36.7 Å². The van der Waals surface area contributed by atoms with Gasteiger partial charge in [0.05, 0.1) is 17.0 Å². The molecular formula is C15H16N2O3. The molecule has 3 rings (SSSR count). The SMILES string of the molecule is C=C(O)C1CCCN1C(=O)c1c[nH]c2cccc(O)c12. The molecule has 5 nitrogen and oxygen atoms in total. The molecule has 0 saturated carbocycles. The first kappa shape index (κ1) is 12.6. The lowest BCUT2D eigenvalue weighted by Crippen LogP contribution is -2.36. The van der Waals surface area contributed by atoms with Crippen molar-refractivity contribution in [2.45, 2.75) is 18.9 Å². The summed E-state index contributed by atoms with van der Waals surface area (Å²) in [6.45, 7) is 4.12. The van der Waals surface area contributed by atoms with E-state index in [0.717, 1.165) is 12.8 Å². The summed E-state index contributed by atoms with van der Waals surface area (Å²) >= 11 is 0. The normalized spacial score (nSPS) is 18.6. The van der Waals surface area contributed by atoms with Crippen LogP contribution in [0, 0.1) is 0 Å². The van der Waals surface area contributed by atoms with Gasteiger partial charge in [0.15, 0.2) is 0 Å². The van der Waals surface area contributed by atoms with Crippen molar-refractivity contribution in [3.05, 3.63) is 42.3 Å². The van der Waals surface area contributed by atoms with Crippen molar-refractivity contribution in [3.63, 3.8) is 0 Å². The molecule has 0 bridgehead atoms. The number of aliphatic hydroxyl groups is 1. The molecule has 0 aliphatic carbocycles. The number of phenolic OH excluding ortho intramolecular Hbond substituents is 1. The molecule has 5 heteroatoms. The molecule has 1 fully saturated rings. The minimum atomic E-state index is -0.335. The first-order chi connectivity index (χ1) is 9.59. The number of benzene rings is 1. The average Bonchev–Trinajstić information content (AvgIpc) is 3.05.